The van der Waals surface area contributed by atoms with Gasteiger partial charge in [-0.2, -0.15) is 15.4 Å². The summed E-state index contributed by atoms with van der Waals surface area (Å²) in [6.45, 7) is 0. The fourth-order valence-corrected chi connectivity index (χ4v) is 1.56. The van der Waals surface area contributed by atoms with Gasteiger partial charge in [0.2, 0.25) is 0 Å². The van der Waals surface area contributed by atoms with Gasteiger partial charge in [0.15, 0.2) is 11.6 Å². The molecule has 0 radical (unpaired) electrons. The molecule has 17 heavy (non-hydrogen) atoms. The van der Waals surface area contributed by atoms with E-state index in [1.54, 1.807) is 12.1 Å². The number of methoxy groups -OCH3 is 1. The Morgan fingerprint density at radius 2 is 2.35 bits per heavy atom. The molecule has 0 aliphatic heterocycles. The van der Waals surface area contributed by atoms with E-state index in [1.165, 1.54) is 19.4 Å². The van der Waals surface area contributed by atoms with Gasteiger partial charge < -0.3 is 9.84 Å². The highest BCUT2D eigenvalue weighted by molar-refractivity contribution is 5.31. The van der Waals surface area contributed by atoms with Gasteiger partial charge in [0.1, 0.15) is 11.8 Å². The summed E-state index contributed by atoms with van der Waals surface area (Å²) in [6.07, 6.45) is 0.633. The summed E-state index contributed by atoms with van der Waals surface area (Å²) in [5.74, 6) is -0.299. The lowest BCUT2D eigenvalue weighted by Crippen LogP contribution is -2.05. The van der Waals surface area contributed by atoms with Crippen LogP contribution in [0.1, 0.15) is 17.4 Å². The van der Waals surface area contributed by atoms with Crippen LogP contribution >= 0.6 is 0 Å². The second-order valence-corrected chi connectivity index (χ2v) is 3.55. The van der Waals surface area contributed by atoms with Crippen molar-refractivity contribution < 1.29 is 14.2 Å². The van der Waals surface area contributed by atoms with Crippen LogP contribution in [0.5, 0.6) is 5.75 Å². The Kier molecular flexibility index (Phi) is 3.34. The maximum Gasteiger partial charge on any atom is 0.168 e. The molecule has 2 N–H and O–H groups in total. The maximum atomic E-state index is 13.8. The molecule has 0 amide bonds. The highest BCUT2D eigenvalue weighted by Crippen LogP contribution is 2.24. The van der Waals surface area contributed by atoms with Crippen molar-refractivity contribution in [3.8, 4) is 5.75 Å². The molecule has 0 saturated carbocycles. The molecule has 1 aromatic carbocycles. The van der Waals surface area contributed by atoms with Crippen LogP contribution in [0.3, 0.4) is 0 Å². The molecule has 1 atom stereocenters. The third-order valence-electron chi connectivity index (χ3n) is 2.45. The van der Waals surface area contributed by atoms with E-state index in [4.69, 9.17) is 4.74 Å². The minimum Gasteiger partial charge on any atom is -0.494 e. The Bertz CT molecular complexity index is 487. The van der Waals surface area contributed by atoms with Gasteiger partial charge in [-0.3, -0.25) is 0 Å². The average Bonchev–Trinajstić information content (AvgIpc) is 2.85. The van der Waals surface area contributed by atoms with Crippen LogP contribution in [-0.4, -0.2) is 27.6 Å². The topological polar surface area (TPSA) is 71.0 Å². The van der Waals surface area contributed by atoms with Gasteiger partial charge in [-0.1, -0.05) is 12.1 Å². The Morgan fingerprint density at radius 1 is 1.53 bits per heavy atom. The predicted molar refractivity (Wildman–Crippen MR) is 58.0 cm³/mol. The van der Waals surface area contributed by atoms with E-state index in [-0.39, 0.29) is 12.2 Å². The van der Waals surface area contributed by atoms with E-state index < -0.39 is 11.9 Å². The first kappa shape index (κ1) is 11.5. The van der Waals surface area contributed by atoms with E-state index in [0.29, 0.717) is 11.3 Å². The molecule has 2 rings (SSSR count). The van der Waals surface area contributed by atoms with Crippen LogP contribution in [0.4, 0.5) is 4.39 Å². The number of H-pyrrole nitrogens is 1. The number of halogens is 1. The summed E-state index contributed by atoms with van der Waals surface area (Å²) in [5.41, 5.74) is 0.757. The van der Waals surface area contributed by atoms with Crippen LogP contribution in [0.25, 0.3) is 0 Å². The summed E-state index contributed by atoms with van der Waals surface area (Å²) in [4.78, 5) is 0. The Morgan fingerprint density at radius 3 is 3.00 bits per heavy atom. The molecule has 0 fully saturated rings. The van der Waals surface area contributed by atoms with Crippen LogP contribution in [0.2, 0.25) is 0 Å². The zero-order chi connectivity index (χ0) is 12.3. The predicted octanol–water partition coefficient (Wildman–Crippen LogP) is 1.23. The maximum absolute atomic E-state index is 13.8. The van der Waals surface area contributed by atoms with Crippen molar-refractivity contribution in [3.05, 3.63) is 41.5 Å². The Labute approximate surface area is 97.2 Å². The molecular formula is C11H12FN3O2. The quantitative estimate of drug-likeness (QED) is 0.839. The van der Waals surface area contributed by atoms with Crippen LogP contribution < -0.4 is 4.74 Å². The molecule has 0 aliphatic carbocycles. The zero-order valence-electron chi connectivity index (χ0n) is 9.22. The molecule has 1 aromatic heterocycles. The lowest BCUT2D eigenvalue weighted by atomic mass is 10.1. The van der Waals surface area contributed by atoms with Crippen molar-refractivity contribution in [1.82, 2.24) is 15.4 Å². The van der Waals surface area contributed by atoms with E-state index in [0.717, 1.165) is 0 Å². The summed E-state index contributed by atoms with van der Waals surface area (Å²) in [6, 6.07) is 4.80. The van der Waals surface area contributed by atoms with Crippen molar-refractivity contribution >= 4 is 0 Å². The van der Waals surface area contributed by atoms with Gasteiger partial charge in [-0.05, 0) is 11.6 Å². The summed E-state index contributed by atoms with van der Waals surface area (Å²) in [5, 5.41) is 19.5. The molecule has 1 unspecified atom stereocenters. The SMILES string of the molecule is COc1cccc(CC(O)c2cn[nH]n2)c1F. The fourth-order valence-electron chi connectivity index (χ4n) is 1.56. The van der Waals surface area contributed by atoms with Gasteiger partial charge in [0.25, 0.3) is 0 Å². The molecule has 90 valence electrons. The number of rotatable bonds is 4. The fraction of sp³-hybridized carbons (Fsp3) is 0.273. The van der Waals surface area contributed by atoms with Crippen LogP contribution in [-0.2, 0) is 6.42 Å². The Balaban J connectivity index is 2.19. The lowest BCUT2D eigenvalue weighted by molar-refractivity contribution is 0.172. The van der Waals surface area contributed by atoms with Crippen molar-refractivity contribution in [3.63, 3.8) is 0 Å². The second kappa shape index (κ2) is 4.92. The third kappa shape index (κ3) is 2.42. The molecule has 0 aliphatic rings. The number of nitrogens with one attached hydrogen (secondary N) is 1. The number of aromatic amines is 1. The lowest BCUT2D eigenvalue weighted by Gasteiger charge is -2.10. The van der Waals surface area contributed by atoms with Crippen molar-refractivity contribution in [1.29, 1.82) is 0 Å². The molecule has 0 saturated heterocycles. The average molecular weight is 237 g/mol. The molecule has 6 heteroatoms. The number of aliphatic hydroxyl groups is 1. The molecule has 2 aromatic rings. The van der Waals surface area contributed by atoms with Gasteiger partial charge in [0, 0.05) is 6.42 Å². The molecule has 1 heterocycles. The first-order valence-corrected chi connectivity index (χ1v) is 5.07. The first-order valence-electron chi connectivity index (χ1n) is 5.07. The largest absolute Gasteiger partial charge is 0.494 e. The van der Waals surface area contributed by atoms with E-state index in [2.05, 4.69) is 15.4 Å². The molecule has 5 nitrogen and oxygen atoms in total. The standard InChI is InChI=1S/C11H12FN3O2/c1-17-10-4-2-3-7(11(10)12)5-9(16)8-6-13-15-14-8/h2-4,6,9,16H,5H2,1H3,(H,13,14,15). The number of hydrogen-bond acceptors (Lipinski definition) is 4. The number of aromatic nitrogens is 3. The van der Waals surface area contributed by atoms with E-state index >= 15 is 0 Å². The number of aliphatic hydroxyl groups excluding tert-OH is 1. The first-order chi connectivity index (χ1) is 8.22. The van der Waals surface area contributed by atoms with Gasteiger partial charge >= 0.3 is 0 Å². The van der Waals surface area contributed by atoms with Crippen molar-refractivity contribution in [2.75, 3.05) is 7.11 Å². The third-order valence-corrected chi connectivity index (χ3v) is 2.45. The van der Waals surface area contributed by atoms with Gasteiger partial charge in [0.05, 0.1) is 13.3 Å². The van der Waals surface area contributed by atoms with Crippen molar-refractivity contribution in [2.24, 2.45) is 0 Å². The molecular weight excluding hydrogens is 225 g/mol. The minimum absolute atomic E-state index is 0.121. The highest BCUT2D eigenvalue weighted by atomic mass is 19.1. The number of benzene rings is 1. The van der Waals surface area contributed by atoms with Crippen molar-refractivity contribution in [2.45, 2.75) is 12.5 Å². The number of ether oxygens (including phenoxy) is 1. The van der Waals surface area contributed by atoms with Gasteiger partial charge in [-0.15, -0.1) is 0 Å². The zero-order valence-corrected chi connectivity index (χ0v) is 9.22. The molecule has 0 bridgehead atoms. The van der Waals surface area contributed by atoms with E-state index in [9.17, 15) is 9.50 Å². The van der Waals surface area contributed by atoms with E-state index in [1.807, 2.05) is 0 Å². The summed E-state index contributed by atoms with van der Waals surface area (Å²) >= 11 is 0. The van der Waals surface area contributed by atoms with Crippen LogP contribution in [0.15, 0.2) is 24.4 Å². The summed E-state index contributed by atoms with van der Waals surface area (Å²) in [7, 11) is 1.40. The second-order valence-electron chi connectivity index (χ2n) is 3.55. The number of nitrogens with zero attached hydrogens (tertiary/aromatic N) is 2. The highest BCUT2D eigenvalue weighted by Gasteiger charge is 2.15. The Hall–Kier alpha value is -1.95. The normalized spacial score (nSPS) is 12.4. The number of hydrogen-bond donors (Lipinski definition) is 2. The summed E-state index contributed by atoms with van der Waals surface area (Å²) < 4.78 is 18.7. The minimum atomic E-state index is -0.893. The van der Waals surface area contributed by atoms with Gasteiger partial charge in [-0.25, -0.2) is 4.39 Å². The monoisotopic (exact) mass is 237 g/mol. The van der Waals surface area contributed by atoms with Crippen LogP contribution in [0, 0.1) is 5.82 Å². The smallest absolute Gasteiger partial charge is 0.168 e. The molecule has 0 spiro atoms.